The Morgan fingerprint density at radius 1 is 1.21 bits per heavy atom. The SMILES string of the molecule is O=C(NCC(C1CCOC1)N1CCOCC1)c1ccc(Cl)cc1N1CCCC1=O. The van der Waals surface area contributed by atoms with E-state index in [1.165, 1.54) is 0 Å². The number of hydrogen-bond acceptors (Lipinski definition) is 5. The van der Waals surface area contributed by atoms with Gasteiger partial charge in [0.2, 0.25) is 5.91 Å². The van der Waals surface area contributed by atoms with Crippen molar-refractivity contribution in [3.8, 4) is 0 Å². The molecule has 0 saturated carbocycles. The standard InChI is InChI=1S/C21H28ClN3O4/c22-16-3-4-17(18(12-16)25-6-1-2-20(25)26)21(27)23-13-19(15-5-9-29-14-15)24-7-10-28-11-8-24/h3-4,12,15,19H,1-2,5-11,13-14H2,(H,23,27). The Bertz CT molecular complexity index is 747. The molecule has 3 saturated heterocycles. The minimum atomic E-state index is -0.173. The number of hydrogen-bond donors (Lipinski definition) is 1. The number of nitrogens with one attached hydrogen (secondary N) is 1. The molecule has 0 spiro atoms. The summed E-state index contributed by atoms with van der Waals surface area (Å²) in [5.41, 5.74) is 1.10. The van der Waals surface area contributed by atoms with Crippen LogP contribution in [0.3, 0.4) is 0 Å². The third-order valence-electron chi connectivity index (χ3n) is 6.06. The van der Waals surface area contributed by atoms with Gasteiger partial charge in [0.05, 0.1) is 31.1 Å². The highest BCUT2D eigenvalue weighted by Gasteiger charge is 2.32. The average molecular weight is 422 g/mol. The maximum absolute atomic E-state index is 13.1. The number of benzene rings is 1. The monoisotopic (exact) mass is 421 g/mol. The fourth-order valence-corrected chi connectivity index (χ4v) is 4.64. The lowest BCUT2D eigenvalue weighted by atomic mass is 9.96. The molecule has 0 aromatic heterocycles. The number of anilines is 1. The van der Waals surface area contributed by atoms with Crippen molar-refractivity contribution in [2.24, 2.45) is 5.92 Å². The van der Waals surface area contributed by atoms with Crippen LogP contribution in [0.5, 0.6) is 0 Å². The van der Waals surface area contributed by atoms with Crippen molar-refractivity contribution < 1.29 is 19.1 Å². The molecule has 3 heterocycles. The molecule has 8 heteroatoms. The van der Waals surface area contributed by atoms with E-state index in [1.54, 1.807) is 23.1 Å². The number of carbonyl (C=O) groups is 2. The fourth-order valence-electron chi connectivity index (χ4n) is 4.47. The van der Waals surface area contributed by atoms with E-state index in [0.29, 0.717) is 41.7 Å². The molecule has 0 aliphatic carbocycles. The molecule has 1 aromatic rings. The van der Waals surface area contributed by atoms with Gasteiger partial charge < -0.3 is 19.7 Å². The molecule has 4 rings (SSSR count). The van der Waals surface area contributed by atoms with E-state index in [0.717, 1.165) is 52.4 Å². The van der Waals surface area contributed by atoms with Gasteiger partial charge in [-0.2, -0.15) is 0 Å². The molecular formula is C21H28ClN3O4. The molecule has 2 amide bonds. The van der Waals surface area contributed by atoms with Gasteiger partial charge in [0.25, 0.3) is 5.91 Å². The molecule has 0 radical (unpaired) electrons. The summed E-state index contributed by atoms with van der Waals surface area (Å²) < 4.78 is 11.1. The molecule has 0 bridgehead atoms. The van der Waals surface area contributed by atoms with Crippen LogP contribution in [0.2, 0.25) is 5.02 Å². The predicted octanol–water partition coefficient (Wildman–Crippen LogP) is 1.93. The van der Waals surface area contributed by atoms with Crippen molar-refractivity contribution in [2.75, 3.05) is 57.5 Å². The fraction of sp³-hybridized carbons (Fsp3) is 0.619. The number of halogens is 1. The van der Waals surface area contributed by atoms with Gasteiger partial charge in [-0.1, -0.05) is 11.6 Å². The van der Waals surface area contributed by atoms with Crippen LogP contribution in [0.1, 0.15) is 29.6 Å². The van der Waals surface area contributed by atoms with Crippen LogP contribution in [0.25, 0.3) is 0 Å². The van der Waals surface area contributed by atoms with Gasteiger partial charge in [-0.15, -0.1) is 0 Å². The molecule has 7 nitrogen and oxygen atoms in total. The highest BCUT2D eigenvalue weighted by molar-refractivity contribution is 6.31. The smallest absolute Gasteiger partial charge is 0.253 e. The quantitative estimate of drug-likeness (QED) is 0.760. The van der Waals surface area contributed by atoms with Gasteiger partial charge in [-0.05, 0) is 31.0 Å². The summed E-state index contributed by atoms with van der Waals surface area (Å²) in [5.74, 6) is 0.266. The first-order valence-corrected chi connectivity index (χ1v) is 10.8. The van der Waals surface area contributed by atoms with E-state index >= 15 is 0 Å². The molecule has 1 aromatic carbocycles. The Morgan fingerprint density at radius 3 is 2.72 bits per heavy atom. The van der Waals surface area contributed by atoms with Crippen molar-refractivity contribution in [1.82, 2.24) is 10.2 Å². The van der Waals surface area contributed by atoms with Crippen molar-refractivity contribution in [2.45, 2.75) is 25.3 Å². The van der Waals surface area contributed by atoms with Crippen molar-refractivity contribution >= 4 is 29.1 Å². The van der Waals surface area contributed by atoms with Crippen LogP contribution in [0.4, 0.5) is 5.69 Å². The first kappa shape index (κ1) is 20.6. The molecule has 2 unspecified atom stereocenters. The van der Waals surface area contributed by atoms with E-state index in [4.69, 9.17) is 21.1 Å². The third-order valence-corrected chi connectivity index (χ3v) is 6.30. The normalized spacial score (nSPS) is 24.1. The van der Waals surface area contributed by atoms with Gasteiger partial charge in [-0.3, -0.25) is 14.5 Å². The number of ether oxygens (including phenoxy) is 2. The van der Waals surface area contributed by atoms with Gasteiger partial charge >= 0.3 is 0 Å². The van der Waals surface area contributed by atoms with Gasteiger partial charge in [0.15, 0.2) is 0 Å². The Morgan fingerprint density at radius 2 is 2.03 bits per heavy atom. The lowest BCUT2D eigenvalue weighted by Crippen LogP contribution is -2.52. The van der Waals surface area contributed by atoms with Crippen molar-refractivity contribution in [1.29, 1.82) is 0 Å². The minimum absolute atomic E-state index is 0.0376. The average Bonchev–Trinajstić information content (AvgIpc) is 3.41. The first-order valence-electron chi connectivity index (χ1n) is 10.4. The van der Waals surface area contributed by atoms with Crippen molar-refractivity contribution in [3.63, 3.8) is 0 Å². The van der Waals surface area contributed by atoms with E-state index < -0.39 is 0 Å². The zero-order chi connectivity index (χ0) is 20.2. The van der Waals surface area contributed by atoms with E-state index in [9.17, 15) is 9.59 Å². The number of carbonyl (C=O) groups excluding carboxylic acids is 2. The topological polar surface area (TPSA) is 71.1 Å². The van der Waals surface area contributed by atoms with Gasteiger partial charge in [0, 0.05) is 56.2 Å². The van der Waals surface area contributed by atoms with Crippen LogP contribution < -0.4 is 10.2 Å². The number of rotatable bonds is 6. The highest BCUT2D eigenvalue weighted by Crippen LogP contribution is 2.29. The van der Waals surface area contributed by atoms with Gasteiger partial charge in [0.1, 0.15) is 0 Å². The summed E-state index contributed by atoms with van der Waals surface area (Å²) in [5, 5.41) is 3.63. The Labute approximate surface area is 176 Å². The largest absolute Gasteiger partial charge is 0.381 e. The second-order valence-electron chi connectivity index (χ2n) is 7.86. The molecule has 3 fully saturated rings. The maximum atomic E-state index is 13.1. The van der Waals surface area contributed by atoms with E-state index in [2.05, 4.69) is 10.2 Å². The summed E-state index contributed by atoms with van der Waals surface area (Å²) in [7, 11) is 0. The Hall–Kier alpha value is -1.67. The van der Waals surface area contributed by atoms with Crippen LogP contribution in [0.15, 0.2) is 18.2 Å². The molecule has 3 aliphatic rings. The Balaban J connectivity index is 1.48. The Kier molecular flexibility index (Phi) is 6.70. The lowest BCUT2D eigenvalue weighted by molar-refractivity contribution is -0.117. The van der Waals surface area contributed by atoms with Crippen molar-refractivity contribution in [3.05, 3.63) is 28.8 Å². The maximum Gasteiger partial charge on any atom is 0.253 e. The molecule has 29 heavy (non-hydrogen) atoms. The highest BCUT2D eigenvalue weighted by atomic mass is 35.5. The van der Waals surface area contributed by atoms with Crippen LogP contribution >= 0.6 is 11.6 Å². The summed E-state index contributed by atoms with van der Waals surface area (Å²) in [6, 6.07) is 5.34. The minimum Gasteiger partial charge on any atom is -0.381 e. The summed E-state index contributed by atoms with van der Waals surface area (Å²) >= 11 is 6.16. The number of amides is 2. The van der Waals surface area contributed by atoms with Crippen LogP contribution in [-0.2, 0) is 14.3 Å². The van der Waals surface area contributed by atoms with Gasteiger partial charge in [-0.25, -0.2) is 0 Å². The molecule has 3 aliphatic heterocycles. The zero-order valence-electron chi connectivity index (χ0n) is 16.6. The second-order valence-corrected chi connectivity index (χ2v) is 8.30. The summed E-state index contributed by atoms with van der Waals surface area (Å²) in [4.78, 5) is 29.4. The summed E-state index contributed by atoms with van der Waals surface area (Å²) in [6.45, 7) is 5.84. The second kappa shape index (κ2) is 9.43. The molecule has 2 atom stereocenters. The van der Waals surface area contributed by atoms with E-state index in [1.807, 2.05) is 0 Å². The summed E-state index contributed by atoms with van der Waals surface area (Å²) in [6.07, 6.45) is 2.31. The molecule has 1 N–H and O–H groups in total. The first-order chi connectivity index (χ1) is 14.1. The molecular weight excluding hydrogens is 394 g/mol. The third kappa shape index (κ3) is 4.74. The zero-order valence-corrected chi connectivity index (χ0v) is 17.3. The number of morpholine rings is 1. The molecule has 158 valence electrons. The predicted molar refractivity (Wildman–Crippen MR) is 110 cm³/mol. The lowest BCUT2D eigenvalue weighted by Gasteiger charge is -2.37. The van der Waals surface area contributed by atoms with E-state index in [-0.39, 0.29) is 17.9 Å². The van der Waals surface area contributed by atoms with Crippen LogP contribution in [0, 0.1) is 5.92 Å². The number of nitrogens with zero attached hydrogens (tertiary/aromatic N) is 2. The van der Waals surface area contributed by atoms with Crippen LogP contribution in [-0.4, -0.2) is 75.4 Å².